The van der Waals surface area contributed by atoms with Gasteiger partial charge in [0, 0.05) is 29.7 Å². The summed E-state index contributed by atoms with van der Waals surface area (Å²) in [6, 6.07) is 4.60. The number of benzene rings is 1. The summed E-state index contributed by atoms with van der Waals surface area (Å²) in [7, 11) is -2.02. The number of thioether (sulfide) groups is 1. The van der Waals surface area contributed by atoms with E-state index in [2.05, 4.69) is 13.8 Å². The molecule has 21 heavy (non-hydrogen) atoms. The molecular formula is C14H22N2O3S2. The SMILES string of the molecule is COc1cc(S(=O)(=O)N2CCSC(C)(C)CC2)ccc1N. The number of sulfonamides is 1. The number of ether oxygens (including phenoxy) is 1. The van der Waals surface area contributed by atoms with Gasteiger partial charge in [0.1, 0.15) is 5.75 Å². The Morgan fingerprint density at radius 1 is 1.33 bits per heavy atom. The first kappa shape index (κ1) is 16.5. The predicted molar refractivity (Wildman–Crippen MR) is 87.3 cm³/mol. The number of rotatable bonds is 3. The number of hydrogen-bond donors (Lipinski definition) is 1. The summed E-state index contributed by atoms with van der Waals surface area (Å²) < 4.78 is 32.3. The van der Waals surface area contributed by atoms with Crippen molar-refractivity contribution in [1.82, 2.24) is 4.31 Å². The lowest BCUT2D eigenvalue weighted by Gasteiger charge is -2.22. The monoisotopic (exact) mass is 330 g/mol. The third-order valence-electron chi connectivity index (χ3n) is 3.64. The Kier molecular flexibility index (Phi) is 4.75. The standard InChI is InChI=1S/C14H22N2O3S2/c1-14(2)6-7-16(8-9-20-14)21(17,18)11-4-5-12(15)13(10-11)19-3/h4-5,10H,6-9,15H2,1-3H3. The Balaban J connectivity index is 2.29. The van der Waals surface area contributed by atoms with Gasteiger partial charge in [0.25, 0.3) is 0 Å². The van der Waals surface area contributed by atoms with Gasteiger partial charge in [-0.25, -0.2) is 8.42 Å². The van der Waals surface area contributed by atoms with Gasteiger partial charge in [-0.15, -0.1) is 0 Å². The number of hydrogen-bond acceptors (Lipinski definition) is 5. The molecule has 1 heterocycles. The van der Waals surface area contributed by atoms with E-state index in [1.807, 2.05) is 11.8 Å². The van der Waals surface area contributed by atoms with E-state index in [4.69, 9.17) is 10.5 Å². The van der Waals surface area contributed by atoms with Gasteiger partial charge in [0.15, 0.2) is 0 Å². The molecule has 1 aromatic carbocycles. The van der Waals surface area contributed by atoms with E-state index in [9.17, 15) is 8.42 Å². The molecule has 0 aromatic heterocycles. The predicted octanol–water partition coefficient (Wildman–Crippen LogP) is 2.18. The number of methoxy groups -OCH3 is 1. The molecule has 0 atom stereocenters. The van der Waals surface area contributed by atoms with Crippen LogP contribution in [0.4, 0.5) is 5.69 Å². The van der Waals surface area contributed by atoms with Crippen molar-refractivity contribution in [3.63, 3.8) is 0 Å². The Morgan fingerprint density at radius 3 is 2.71 bits per heavy atom. The fraction of sp³-hybridized carbons (Fsp3) is 0.571. The summed E-state index contributed by atoms with van der Waals surface area (Å²) in [5.74, 6) is 1.19. The second-order valence-electron chi connectivity index (χ2n) is 5.67. The lowest BCUT2D eigenvalue weighted by Crippen LogP contribution is -2.33. The van der Waals surface area contributed by atoms with Gasteiger partial charge < -0.3 is 10.5 Å². The smallest absolute Gasteiger partial charge is 0.243 e. The fourth-order valence-electron chi connectivity index (χ4n) is 2.24. The lowest BCUT2D eigenvalue weighted by molar-refractivity contribution is 0.409. The molecule has 0 unspecified atom stereocenters. The van der Waals surface area contributed by atoms with E-state index in [-0.39, 0.29) is 9.64 Å². The highest BCUT2D eigenvalue weighted by molar-refractivity contribution is 8.00. The van der Waals surface area contributed by atoms with Crippen molar-refractivity contribution in [3.8, 4) is 5.75 Å². The average molecular weight is 330 g/mol. The van der Waals surface area contributed by atoms with E-state index >= 15 is 0 Å². The molecule has 0 bridgehead atoms. The Morgan fingerprint density at radius 2 is 2.05 bits per heavy atom. The Bertz CT molecular complexity index is 615. The minimum Gasteiger partial charge on any atom is -0.495 e. The topological polar surface area (TPSA) is 72.6 Å². The maximum atomic E-state index is 12.8. The van der Waals surface area contributed by atoms with Gasteiger partial charge in [-0.1, -0.05) is 13.8 Å². The third-order valence-corrected chi connectivity index (χ3v) is 6.91. The van der Waals surface area contributed by atoms with Gasteiger partial charge in [0.05, 0.1) is 17.7 Å². The zero-order chi connectivity index (χ0) is 15.7. The van der Waals surface area contributed by atoms with Crippen LogP contribution in [0.1, 0.15) is 20.3 Å². The molecule has 0 aliphatic carbocycles. The van der Waals surface area contributed by atoms with E-state index in [1.54, 1.807) is 10.4 Å². The van der Waals surface area contributed by atoms with Gasteiger partial charge in [-0.3, -0.25) is 0 Å². The third kappa shape index (κ3) is 3.64. The maximum Gasteiger partial charge on any atom is 0.243 e. The van der Waals surface area contributed by atoms with Crippen molar-refractivity contribution in [2.24, 2.45) is 0 Å². The first-order valence-electron chi connectivity index (χ1n) is 6.84. The van der Waals surface area contributed by atoms with E-state index in [1.165, 1.54) is 19.2 Å². The Hall–Kier alpha value is -0.920. The van der Waals surface area contributed by atoms with Gasteiger partial charge >= 0.3 is 0 Å². The Labute approximate surface area is 130 Å². The minimum absolute atomic E-state index is 0.114. The van der Waals surface area contributed by atoms with E-state index in [0.717, 1.165) is 12.2 Å². The number of nitrogen functional groups attached to an aromatic ring is 1. The quantitative estimate of drug-likeness (QED) is 0.860. The molecule has 1 aliphatic rings. The summed E-state index contributed by atoms with van der Waals surface area (Å²) in [5.41, 5.74) is 6.18. The molecule has 2 N–H and O–H groups in total. The highest BCUT2D eigenvalue weighted by atomic mass is 32.2. The van der Waals surface area contributed by atoms with Crippen molar-refractivity contribution in [2.75, 3.05) is 31.7 Å². The molecule has 0 saturated carbocycles. The molecule has 1 aromatic rings. The number of anilines is 1. The average Bonchev–Trinajstić information content (AvgIpc) is 2.60. The summed E-state index contributed by atoms with van der Waals surface area (Å²) in [6.45, 7) is 5.37. The number of nitrogens with two attached hydrogens (primary N) is 1. The molecule has 1 aliphatic heterocycles. The molecular weight excluding hydrogens is 308 g/mol. The van der Waals surface area contributed by atoms with Crippen LogP contribution in [0.3, 0.4) is 0 Å². The van der Waals surface area contributed by atoms with Crippen LogP contribution in [-0.2, 0) is 10.0 Å². The van der Waals surface area contributed by atoms with Crippen LogP contribution < -0.4 is 10.5 Å². The van der Waals surface area contributed by atoms with Crippen LogP contribution in [0.5, 0.6) is 5.75 Å². The molecule has 0 amide bonds. The first-order valence-corrected chi connectivity index (χ1v) is 9.26. The van der Waals surface area contributed by atoms with Crippen LogP contribution in [0.2, 0.25) is 0 Å². The summed E-state index contributed by atoms with van der Waals surface area (Å²) in [5, 5.41) is 0. The molecule has 0 radical (unpaired) electrons. The van der Waals surface area contributed by atoms with Crippen molar-refractivity contribution < 1.29 is 13.2 Å². The van der Waals surface area contributed by atoms with Crippen LogP contribution in [0, 0.1) is 0 Å². The lowest BCUT2D eigenvalue weighted by atomic mass is 10.1. The van der Waals surface area contributed by atoms with Gasteiger partial charge in [-0.2, -0.15) is 16.1 Å². The summed E-state index contributed by atoms with van der Waals surface area (Å²) in [4.78, 5) is 0.234. The molecule has 118 valence electrons. The fourth-order valence-corrected chi connectivity index (χ4v) is 4.92. The summed E-state index contributed by atoms with van der Waals surface area (Å²) in [6.07, 6.45) is 0.836. The highest BCUT2D eigenvalue weighted by Gasteiger charge is 2.31. The van der Waals surface area contributed by atoms with Crippen LogP contribution in [-0.4, -0.2) is 43.4 Å². The molecule has 0 spiro atoms. The zero-order valence-corrected chi connectivity index (χ0v) is 14.3. The largest absolute Gasteiger partial charge is 0.495 e. The summed E-state index contributed by atoms with van der Waals surface area (Å²) >= 11 is 1.82. The van der Waals surface area contributed by atoms with Crippen LogP contribution in [0.15, 0.2) is 23.1 Å². The molecule has 1 fully saturated rings. The van der Waals surface area contributed by atoms with E-state index < -0.39 is 10.0 Å². The molecule has 2 rings (SSSR count). The van der Waals surface area contributed by atoms with Crippen molar-refractivity contribution in [1.29, 1.82) is 0 Å². The maximum absolute atomic E-state index is 12.8. The molecule has 5 nitrogen and oxygen atoms in total. The molecule has 1 saturated heterocycles. The zero-order valence-electron chi connectivity index (χ0n) is 12.6. The minimum atomic E-state index is -3.50. The normalized spacial score (nSPS) is 20.0. The second kappa shape index (κ2) is 6.06. The van der Waals surface area contributed by atoms with Crippen LogP contribution in [0.25, 0.3) is 0 Å². The first-order chi connectivity index (χ1) is 9.76. The number of nitrogens with zero attached hydrogens (tertiary/aromatic N) is 1. The van der Waals surface area contributed by atoms with Gasteiger partial charge in [-0.05, 0) is 18.6 Å². The highest BCUT2D eigenvalue weighted by Crippen LogP contribution is 2.33. The second-order valence-corrected chi connectivity index (χ2v) is 9.41. The van der Waals surface area contributed by atoms with E-state index in [0.29, 0.717) is 24.5 Å². The van der Waals surface area contributed by atoms with Gasteiger partial charge in [0.2, 0.25) is 10.0 Å². The van der Waals surface area contributed by atoms with Crippen molar-refractivity contribution in [2.45, 2.75) is 29.9 Å². The molecule has 7 heteroatoms. The van der Waals surface area contributed by atoms with Crippen molar-refractivity contribution in [3.05, 3.63) is 18.2 Å². The van der Waals surface area contributed by atoms with Crippen LogP contribution >= 0.6 is 11.8 Å². The van der Waals surface area contributed by atoms with Crippen molar-refractivity contribution >= 4 is 27.5 Å².